The van der Waals surface area contributed by atoms with E-state index in [0.717, 1.165) is 36.8 Å². The first kappa shape index (κ1) is 25.2. The van der Waals surface area contributed by atoms with Crippen molar-refractivity contribution in [3.8, 4) is 0 Å². The Labute approximate surface area is 230 Å². The topological polar surface area (TPSA) is 32.3 Å². The van der Waals surface area contributed by atoms with Crippen molar-refractivity contribution in [1.29, 1.82) is 0 Å². The van der Waals surface area contributed by atoms with Crippen LogP contribution < -0.4 is 0 Å². The molecule has 4 bridgehead atoms. The van der Waals surface area contributed by atoms with Crippen LogP contribution in [-0.2, 0) is 25.9 Å². The fourth-order valence-electron chi connectivity index (χ4n) is 9.45. The molecule has 9 rings (SSSR count). The van der Waals surface area contributed by atoms with Gasteiger partial charge >= 0.3 is 0 Å². The van der Waals surface area contributed by atoms with Crippen molar-refractivity contribution in [2.75, 3.05) is 14.1 Å². The molecular weight excluding hydrogens is 464 g/mol. The maximum atomic E-state index is 5.00. The normalized spacial score (nSPS) is 33.8. The zero-order valence-electron chi connectivity index (χ0n) is 24.6. The molecule has 204 valence electrons. The summed E-state index contributed by atoms with van der Waals surface area (Å²) in [6, 6.07) is 6.05. The summed E-state index contributed by atoms with van der Waals surface area (Å²) in [5.74, 6) is 3.17. The largest absolute Gasteiger partial charge is 0.296 e. The molecule has 2 aromatic rings. The molecule has 38 heavy (non-hydrogen) atoms. The van der Waals surface area contributed by atoms with Crippen LogP contribution in [0, 0.1) is 22.7 Å². The van der Waals surface area contributed by atoms with Crippen LogP contribution in [0.5, 0.6) is 0 Å². The average Bonchev–Trinajstić information content (AvgIpc) is 2.91. The van der Waals surface area contributed by atoms with E-state index in [-0.39, 0.29) is 0 Å². The molecule has 3 fully saturated rings. The first-order chi connectivity index (χ1) is 18.1. The minimum absolute atomic E-state index is 0.469. The lowest BCUT2D eigenvalue weighted by atomic mass is 9.48. The van der Waals surface area contributed by atoms with Gasteiger partial charge in [0.2, 0.25) is 0 Å². The summed E-state index contributed by atoms with van der Waals surface area (Å²) in [5.41, 5.74) is 9.70. The molecule has 4 heteroatoms. The highest BCUT2D eigenvalue weighted by Crippen LogP contribution is 2.63. The average molecular weight is 513 g/mol. The van der Waals surface area contributed by atoms with Gasteiger partial charge < -0.3 is 0 Å². The van der Waals surface area contributed by atoms with Crippen molar-refractivity contribution >= 4 is 0 Å². The maximum Gasteiger partial charge on any atom is 0.0546 e. The van der Waals surface area contributed by atoms with Crippen molar-refractivity contribution < 1.29 is 0 Å². The monoisotopic (exact) mass is 512 g/mol. The van der Waals surface area contributed by atoms with E-state index in [2.05, 4.69) is 76.1 Å². The van der Waals surface area contributed by atoms with Gasteiger partial charge in [0, 0.05) is 37.6 Å². The third kappa shape index (κ3) is 3.84. The molecule has 0 amide bonds. The molecule has 0 saturated heterocycles. The van der Waals surface area contributed by atoms with Gasteiger partial charge in [0.05, 0.1) is 11.4 Å². The van der Waals surface area contributed by atoms with Crippen molar-refractivity contribution in [3.05, 3.63) is 58.2 Å². The summed E-state index contributed by atoms with van der Waals surface area (Å²) in [5, 5.41) is 0. The molecule has 7 aliphatic rings. The Morgan fingerprint density at radius 3 is 1.53 bits per heavy atom. The standard InChI is InChI=1S/C34H48N4/c1-33(2)23-11-21-13-25(35-17-27(21)29(33)15-23)19-37(5)31-9-7-8-10-32(31)38(6)20-26-14-22-12-24-16-30(34(24,3)4)28(22)18-36-26/h13-14,17-18,23-24,29-32H,7-12,15-16,19-20H2,1-6H3/t23-,24-,29-,30-,31-,32-/m0/s1. The third-order valence-electron chi connectivity index (χ3n) is 12.4. The van der Waals surface area contributed by atoms with Crippen LogP contribution in [0.4, 0.5) is 0 Å². The van der Waals surface area contributed by atoms with Gasteiger partial charge in [-0.2, -0.15) is 0 Å². The molecule has 0 radical (unpaired) electrons. The number of hydrogen-bond acceptors (Lipinski definition) is 4. The molecule has 0 aliphatic heterocycles. The lowest BCUT2D eigenvalue weighted by Crippen LogP contribution is -2.51. The first-order valence-corrected chi connectivity index (χ1v) is 15.5. The zero-order chi connectivity index (χ0) is 26.4. The highest BCUT2D eigenvalue weighted by molar-refractivity contribution is 5.40. The number of pyridine rings is 2. The lowest BCUT2D eigenvalue weighted by Gasteiger charge is -2.57. The quantitative estimate of drug-likeness (QED) is 0.430. The molecular formula is C34H48N4. The lowest BCUT2D eigenvalue weighted by molar-refractivity contribution is 0.0180. The molecule has 6 atom stereocenters. The van der Waals surface area contributed by atoms with Gasteiger partial charge in [-0.25, -0.2) is 0 Å². The van der Waals surface area contributed by atoms with Crippen LogP contribution in [0.2, 0.25) is 0 Å². The minimum Gasteiger partial charge on any atom is -0.296 e. The molecule has 0 aromatic carbocycles. The Balaban J connectivity index is 1.03. The summed E-state index contributed by atoms with van der Waals surface area (Å²) in [4.78, 5) is 15.2. The van der Waals surface area contributed by atoms with E-state index in [1.807, 2.05) is 0 Å². The Hall–Kier alpha value is -1.78. The molecule has 0 N–H and O–H groups in total. The fourth-order valence-corrected chi connectivity index (χ4v) is 9.45. The summed E-state index contributed by atoms with van der Waals surface area (Å²) >= 11 is 0. The van der Waals surface area contributed by atoms with E-state index in [1.165, 1.54) is 73.9 Å². The van der Waals surface area contributed by atoms with E-state index in [0.29, 0.717) is 22.9 Å². The zero-order valence-corrected chi connectivity index (χ0v) is 24.6. The van der Waals surface area contributed by atoms with Gasteiger partial charge in [0.1, 0.15) is 0 Å². The second-order valence-electron chi connectivity index (χ2n) is 15.0. The Bertz CT molecular complexity index is 1140. The van der Waals surface area contributed by atoms with Crippen molar-refractivity contribution in [2.45, 2.75) is 116 Å². The van der Waals surface area contributed by atoms with E-state index in [1.54, 1.807) is 11.1 Å². The van der Waals surface area contributed by atoms with E-state index in [9.17, 15) is 0 Å². The van der Waals surface area contributed by atoms with E-state index < -0.39 is 0 Å². The van der Waals surface area contributed by atoms with Crippen LogP contribution in [0.25, 0.3) is 0 Å². The van der Waals surface area contributed by atoms with Gasteiger partial charge in [-0.15, -0.1) is 0 Å². The van der Waals surface area contributed by atoms with E-state index in [4.69, 9.17) is 9.97 Å². The van der Waals surface area contributed by atoms with Crippen molar-refractivity contribution in [1.82, 2.24) is 19.8 Å². The number of aromatic nitrogens is 2. The molecule has 0 spiro atoms. The van der Waals surface area contributed by atoms with Gasteiger partial charge in [-0.3, -0.25) is 19.8 Å². The SMILES string of the molecule is CN(Cc1cc2c(cn1)[C@@H]1C[C@H](C2)C1(C)C)[C@H]1CCCC[C@@H]1N(C)Cc1cc2c(cn1)[C@@H]1C[C@H](C2)C1(C)C. The van der Waals surface area contributed by atoms with E-state index >= 15 is 0 Å². The number of likely N-dealkylation sites (N-methyl/N-ethyl adjacent to an activating group) is 2. The Kier molecular flexibility index (Phi) is 5.88. The van der Waals surface area contributed by atoms with Crippen molar-refractivity contribution in [3.63, 3.8) is 0 Å². The molecule has 7 aliphatic carbocycles. The Morgan fingerprint density at radius 2 is 1.13 bits per heavy atom. The molecule has 2 heterocycles. The Morgan fingerprint density at radius 1 is 0.711 bits per heavy atom. The maximum absolute atomic E-state index is 5.00. The van der Waals surface area contributed by atoms with Gasteiger partial charge in [0.25, 0.3) is 0 Å². The highest BCUT2D eigenvalue weighted by Gasteiger charge is 2.53. The third-order valence-corrected chi connectivity index (χ3v) is 12.4. The minimum atomic E-state index is 0.469. The van der Waals surface area contributed by atoms with Crippen LogP contribution in [0.3, 0.4) is 0 Å². The first-order valence-electron chi connectivity index (χ1n) is 15.5. The predicted octanol–water partition coefficient (Wildman–Crippen LogP) is 6.72. The molecule has 2 aromatic heterocycles. The predicted molar refractivity (Wildman–Crippen MR) is 154 cm³/mol. The van der Waals surface area contributed by atoms with Gasteiger partial charge in [-0.05, 0) is 122 Å². The van der Waals surface area contributed by atoms with Gasteiger partial charge in [0.15, 0.2) is 0 Å². The fraction of sp³-hybridized carbons (Fsp3) is 0.706. The summed E-state index contributed by atoms with van der Waals surface area (Å²) < 4.78 is 0. The molecule has 3 saturated carbocycles. The number of hydrogen-bond donors (Lipinski definition) is 0. The van der Waals surface area contributed by atoms with Gasteiger partial charge in [-0.1, -0.05) is 40.5 Å². The highest BCUT2D eigenvalue weighted by atomic mass is 15.2. The van der Waals surface area contributed by atoms with Crippen LogP contribution in [-0.4, -0.2) is 45.9 Å². The summed E-state index contributed by atoms with van der Waals surface area (Å²) in [6.07, 6.45) is 14.9. The van der Waals surface area contributed by atoms with Crippen molar-refractivity contribution in [2.24, 2.45) is 22.7 Å². The summed E-state index contributed by atoms with van der Waals surface area (Å²) in [6.45, 7) is 11.7. The number of rotatable bonds is 6. The molecule has 0 unspecified atom stereocenters. The van der Waals surface area contributed by atoms with Crippen LogP contribution in [0.1, 0.15) is 112 Å². The summed E-state index contributed by atoms with van der Waals surface area (Å²) in [7, 11) is 4.67. The van der Waals surface area contributed by atoms with Crippen LogP contribution >= 0.6 is 0 Å². The number of nitrogens with zero attached hydrogens (tertiary/aromatic N) is 4. The second-order valence-corrected chi connectivity index (χ2v) is 15.0. The van der Waals surface area contributed by atoms with Crippen LogP contribution in [0.15, 0.2) is 24.5 Å². The smallest absolute Gasteiger partial charge is 0.0546 e. The molecule has 4 nitrogen and oxygen atoms in total. The second kappa shape index (κ2) is 8.86.